The molecule has 1 N–H and O–H groups in total. The largest absolute Gasteiger partial charge is 0.453 e. The van der Waals surface area contributed by atoms with Crippen molar-refractivity contribution in [3.63, 3.8) is 0 Å². The van der Waals surface area contributed by atoms with Crippen molar-refractivity contribution in [3.8, 4) is 11.5 Å². The molecule has 0 saturated heterocycles. The van der Waals surface area contributed by atoms with Crippen molar-refractivity contribution in [2.45, 2.75) is 51.9 Å². The van der Waals surface area contributed by atoms with Crippen molar-refractivity contribution >= 4 is 38.4 Å². The minimum Gasteiger partial charge on any atom is -0.453 e. The first-order valence-electron chi connectivity index (χ1n) is 11.4. The van der Waals surface area contributed by atoms with Crippen molar-refractivity contribution in [1.82, 2.24) is 4.98 Å². The number of amides is 1. The highest BCUT2D eigenvalue weighted by atomic mass is 79.9. The van der Waals surface area contributed by atoms with Gasteiger partial charge in [-0.1, -0.05) is 26.0 Å². The normalized spacial score (nSPS) is 15.7. The molecule has 1 aromatic heterocycles. The van der Waals surface area contributed by atoms with Gasteiger partial charge in [-0.15, -0.1) is 0 Å². The molecule has 0 radical (unpaired) electrons. The van der Waals surface area contributed by atoms with Gasteiger partial charge in [-0.05, 0) is 65.5 Å². The second-order valence-corrected chi connectivity index (χ2v) is 10.2. The van der Waals surface area contributed by atoms with Crippen LogP contribution in [0.3, 0.4) is 0 Å². The highest BCUT2D eigenvalue weighted by Gasteiger charge is 2.62. The SMILES string of the molecule is CC(=O)N(c1cccc2nc(C)ccc12)C(c1ccc(Br)c2c1OCO2)C(O)(CC(C)C)C(F)(F)F. The van der Waals surface area contributed by atoms with E-state index in [1.165, 1.54) is 19.1 Å². The van der Waals surface area contributed by atoms with Gasteiger partial charge in [-0.3, -0.25) is 9.78 Å². The standard InChI is InChI=1S/C26H26BrF3N2O4/c1-14(2)12-25(34,26(28,29)30)24(18-10-11-19(27)23-22(18)35-13-36-23)32(16(4)33)21-7-5-6-20-17(21)9-8-15(3)31-20/h5-11,14,24,34H,12-13H2,1-4H3. The topological polar surface area (TPSA) is 71.9 Å². The summed E-state index contributed by atoms with van der Waals surface area (Å²) in [6.45, 7) is 5.94. The number of fused-ring (bicyclic) bond motifs is 2. The number of benzene rings is 2. The monoisotopic (exact) mass is 566 g/mol. The van der Waals surface area contributed by atoms with E-state index in [-0.39, 0.29) is 29.5 Å². The quantitative estimate of drug-likeness (QED) is 0.370. The second-order valence-electron chi connectivity index (χ2n) is 9.31. The van der Waals surface area contributed by atoms with E-state index in [0.717, 1.165) is 4.90 Å². The molecule has 0 spiro atoms. The van der Waals surface area contributed by atoms with Gasteiger partial charge in [0, 0.05) is 23.6 Å². The van der Waals surface area contributed by atoms with Crippen molar-refractivity contribution in [2.24, 2.45) is 5.92 Å². The molecular formula is C26H26BrF3N2O4. The van der Waals surface area contributed by atoms with Gasteiger partial charge in [0.2, 0.25) is 12.7 Å². The lowest BCUT2D eigenvalue weighted by Crippen LogP contribution is -2.57. The van der Waals surface area contributed by atoms with Gasteiger partial charge in [0.1, 0.15) is 6.04 Å². The molecule has 10 heteroatoms. The van der Waals surface area contributed by atoms with E-state index in [1.54, 1.807) is 51.1 Å². The lowest BCUT2D eigenvalue weighted by Gasteiger charge is -2.44. The Morgan fingerprint density at radius 2 is 1.83 bits per heavy atom. The van der Waals surface area contributed by atoms with Crippen molar-refractivity contribution < 1.29 is 32.5 Å². The summed E-state index contributed by atoms with van der Waals surface area (Å²) < 4.78 is 56.1. The number of ether oxygens (including phenoxy) is 2. The number of carbonyl (C=O) groups is 1. The summed E-state index contributed by atoms with van der Waals surface area (Å²) in [5.41, 5.74) is -1.91. The number of halogens is 4. The molecule has 0 saturated carbocycles. The minimum absolute atomic E-state index is 0.0153. The van der Waals surface area contributed by atoms with Crippen molar-refractivity contribution in [2.75, 3.05) is 11.7 Å². The van der Waals surface area contributed by atoms with Crippen LogP contribution in [0, 0.1) is 12.8 Å². The first kappa shape index (κ1) is 26.2. The van der Waals surface area contributed by atoms with Gasteiger partial charge in [0.05, 0.1) is 15.7 Å². The highest BCUT2D eigenvalue weighted by Crippen LogP contribution is 2.54. The van der Waals surface area contributed by atoms with Crippen LogP contribution in [-0.2, 0) is 4.79 Å². The molecule has 2 atom stereocenters. The van der Waals surface area contributed by atoms with Gasteiger partial charge >= 0.3 is 6.18 Å². The molecule has 0 aliphatic carbocycles. The fourth-order valence-corrected chi connectivity index (χ4v) is 5.18. The smallest absolute Gasteiger partial charge is 0.419 e. The molecule has 36 heavy (non-hydrogen) atoms. The molecule has 2 aromatic carbocycles. The zero-order valence-electron chi connectivity index (χ0n) is 20.2. The Kier molecular flexibility index (Phi) is 6.96. The third-order valence-electron chi connectivity index (χ3n) is 6.16. The number of anilines is 1. The molecular weight excluding hydrogens is 541 g/mol. The molecule has 2 heterocycles. The van der Waals surface area contributed by atoms with Gasteiger partial charge < -0.3 is 19.5 Å². The number of aliphatic hydroxyl groups is 1. The van der Waals surface area contributed by atoms with Crippen LogP contribution in [-0.4, -0.2) is 34.6 Å². The van der Waals surface area contributed by atoms with Crippen LogP contribution in [0.5, 0.6) is 11.5 Å². The number of alkyl halides is 3. The summed E-state index contributed by atoms with van der Waals surface area (Å²) in [5.74, 6) is -0.980. The van der Waals surface area contributed by atoms with Crippen LogP contribution in [0.25, 0.3) is 10.9 Å². The highest BCUT2D eigenvalue weighted by molar-refractivity contribution is 9.10. The summed E-state index contributed by atoms with van der Waals surface area (Å²) in [6, 6.07) is 9.38. The number of hydrogen-bond acceptors (Lipinski definition) is 5. The van der Waals surface area contributed by atoms with Crippen LogP contribution in [0.4, 0.5) is 18.9 Å². The number of rotatable bonds is 6. The summed E-state index contributed by atoms with van der Waals surface area (Å²) >= 11 is 3.33. The number of carbonyl (C=O) groups excluding carboxylic acids is 1. The first-order chi connectivity index (χ1) is 16.8. The van der Waals surface area contributed by atoms with Crippen LogP contribution in [0.15, 0.2) is 46.9 Å². The summed E-state index contributed by atoms with van der Waals surface area (Å²) in [4.78, 5) is 18.7. The van der Waals surface area contributed by atoms with Crippen molar-refractivity contribution in [3.05, 3.63) is 58.2 Å². The zero-order chi connectivity index (χ0) is 26.4. The van der Waals surface area contributed by atoms with E-state index in [1.807, 2.05) is 0 Å². The van der Waals surface area contributed by atoms with Crippen LogP contribution < -0.4 is 14.4 Å². The molecule has 2 unspecified atom stereocenters. The summed E-state index contributed by atoms with van der Waals surface area (Å²) in [7, 11) is 0. The van der Waals surface area contributed by atoms with E-state index < -0.39 is 36.1 Å². The number of pyridine rings is 1. The first-order valence-corrected chi connectivity index (χ1v) is 12.2. The van der Waals surface area contributed by atoms with Crippen LogP contribution in [0.2, 0.25) is 0 Å². The maximum absolute atomic E-state index is 14.9. The van der Waals surface area contributed by atoms with E-state index in [4.69, 9.17) is 9.47 Å². The van der Waals surface area contributed by atoms with Crippen LogP contribution >= 0.6 is 15.9 Å². The fourth-order valence-electron chi connectivity index (χ4n) is 4.76. The summed E-state index contributed by atoms with van der Waals surface area (Å²) in [6.07, 6.45) is -5.74. The molecule has 0 fully saturated rings. The predicted octanol–water partition coefficient (Wildman–Crippen LogP) is 6.47. The Morgan fingerprint density at radius 3 is 2.47 bits per heavy atom. The van der Waals surface area contributed by atoms with Crippen molar-refractivity contribution in [1.29, 1.82) is 0 Å². The molecule has 1 aliphatic rings. The molecule has 1 amide bonds. The number of hydrogen-bond donors (Lipinski definition) is 1. The van der Waals surface area contributed by atoms with Gasteiger partial charge in [-0.25, -0.2) is 0 Å². The van der Waals surface area contributed by atoms with Gasteiger partial charge in [0.25, 0.3) is 0 Å². The van der Waals surface area contributed by atoms with Gasteiger partial charge in [-0.2, -0.15) is 13.2 Å². The molecule has 6 nitrogen and oxygen atoms in total. The fraction of sp³-hybridized carbons (Fsp3) is 0.385. The third kappa shape index (κ3) is 4.52. The lowest BCUT2D eigenvalue weighted by molar-refractivity contribution is -0.274. The number of aryl methyl sites for hydroxylation is 1. The Balaban J connectivity index is 2.08. The van der Waals surface area contributed by atoms with Crippen LogP contribution in [0.1, 0.15) is 44.5 Å². The Morgan fingerprint density at radius 1 is 1.14 bits per heavy atom. The molecule has 192 valence electrons. The lowest BCUT2D eigenvalue weighted by atomic mass is 9.79. The van der Waals surface area contributed by atoms with E-state index in [9.17, 15) is 23.1 Å². The average Bonchev–Trinajstić information content (AvgIpc) is 3.27. The maximum Gasteiger partial charge on any atom is 0.419 e. The minimum atomic E-state index is -5.09. The molecule has 4 rings (SSSR count). The Bertz CT molecular complexity index is 1310. The molecule has 3 aromatic rings. The number of nitrogens with zero attached hydrogens (tertiary/aromatic N) is 2. The van der Waals surface area contributed by atoms with Gasteiger partial charge in [0.15, 0.2) is 17.1 Å². The summed E-state index contributed by atoms with van der Waals surface area (Å²) in [5, 5.41) is 12.1. The maximum atomic E-state index is 14.9. The number of aromatic nitrogens is 1. The van der Waals surface area contributed by atoms with E-state index >= 15 is 0 Å². The Hall–Kier alpha value is -2.85. The second kappa shape index (κ2) is 9.55. The van der Waals surface area contributed by atoms with E-state index in [0.29, 0.717) is 21.1 Å². The Labute approximate surface area is 215 Å². The van der Waals surface area contributed by atoms with E-state index in [2.05, 4.69) is 20.9 Å². The third-order valence-corrected chi connectivity index (χ3v) is 6.79. The average molecular weight is 567 g/mol. The zero-order valence-corrected chi connectivity index (χ0v) is 21.8. The predicted molar refractivity (Wildman–Crippen MR) is 133 cm³/mol. The molecule has 0 bridgehead atoms. The molecule has 1 aliphatic heterocycles.